The highest BCUT2D eigenvalue weighted by Crippen LogP contribution is 2.44. The van der Waals surface area contributed by atoms with Crippen LogP contribution in [0.15, 0.2) is 0 Å². The van der Waals surface area contributed by atoms with Gasteiger partial charge in [0.1, 0.15) is 0 Å². The van der Waals surface area contributed by atoms with E-state index < -0.39 is 0 Å². The van der Waals surface area contributed by atoms with Crippen LogP contribution < -0.4 is 0 Å². The van der Waals surface area contributed by atoms with Crippen molar-refractivity contribution in [1.82, 2.24) is 0 Å². The van der Waals surface area contributed by atoms with Crippen LogP contribution in [0.5, 0.6) is 0 Å². The van der Waals surface area contributed by atoms with Crippen LogP contribution in [0.1, 0.15) is 65.2 Å². The summed E-state index contributed by atoms with van der Waals surface area (Å²) in [5, 5.41) is 1.93. The zero-order valence-corrected chi connectivity index (χ0v) is 12.4. The lowest BCUT2D eigenvalue weighted by Crippen LogP contribution is -2.17. The Kier molecular flexibility index (Phi) is 5.41. The molecule has 2 aliphatic rings. The van der Waals surface area contributed by atoms with Crippen LogP contribution in [0, 0.1) is 11.8 Å². The smallest absolute Gasteiger partial charge is 0.0154 e. The fourth-order valence-electron chi connectivity index (χ4n) is 3.09. The third-order valence-electron chi connectivity index (χ3n) is 4.10. The molecule has 0 bridgehead atoms. The minimum Gasteiger partial charge on any atom is -0.0904 e. The molecular weight excluding hydrogens is 232 g/mol. The highest BCUT2D eigenvalue weighted by molar-refractivity contribution is 8.77. The Morgan fingerprint density at radius 2 is 1.12 bits per heavy atom. The van der Waals surface area contributed by atoms with Crippen molar-refractivity contribution >= 4 is 21.6 Å². The first-order valence-corrected chi connectivity index (χ1v) is 9.33. The molecule has 0 amide bonds. The second-order valence-electron chi connectivity index (χ2n) is 5.98. The molecule has 2 aliphatic carbocycles. The molecule has 0 radical (unpaired) electrons. The van der Waals surface area contributed by atoms with E-state index in [1.165, 1.54) is 51.4 Å². The van der Waals surface area contributed by atoms with E-state index in [0.717, 1.165) is 22.3 Å². The Morgan fingerprint density at radius 1 is 0.688 bits per heavy atom. The maximum Gasteiger partial charge on any atom is 0.0154 e. The van der Waals surface area contributed by atoms with Gasteiger partial charge in [-0.2, -0.15) is 0 Å². The molecule has 0 aliphatic heterocycles. The molecule has 16 heavy (non-hydrogen) atoms. The average molecular weight is 258 g/mol. The zero-order valence-electron chi connectivity index (χ0n) is 10.8. The van der Waals surface area contributed by atoms with Gasteiger partial charge in [0.05, 0.1) is 0 Å². The lowest BCUT2D eigenvalue weighted by atomic mass is 9.91. The predicted molar refractivity (Wildman–Crippen MR) is 78.0 cm³/mol. The number of rotatable bonds is 3. The van der Waals surface area contributed by atoms with Crippen molar-refractivity contribution in [3.63, 3.8) is 0 Å². The van der Waals surface area contributed by atoms with Crippen molar-refractivity contribution in [2.24, 2.45) is 11.8 Å². The van der Waals surface area contributed by atoms with E-state index in [0.29, 0.717) is 0 Å². The first kappa shape index (κ1) is 13.1. The van der Waals surface area contributed by atoms with Crippen molar-refractivity contribution in [2.75, 3.05) is 0 Å². The van der Waals surface area contributed by atoms with Gasteiger partial charge in [0.25, 0.3) is 0 Å². The molecule has 4 unspecified atom stereocenters. The van der Waals surface area contributed by atoms with Crippen LogP contribution in [0.4, 0.5) is 0 Å². The van der Waals surface area contributed by atoms with E-state index in [-0.39, 0.29) is 0 Å². The zero-order chi connectivity index (χ0) is 11.4. The summed E-state index contributed by atoms with van der Waals surface area (Å²) in [6.07, 6.45) is 11.8. The lowest BCUT2D eigenvalue weighted by molar-refractivity contribution is 0.393. The second kappa shape index (κ2) is 6.58. The van der Waals surface area contributed by atoms with Gasteiger partial charge in [-0.25, -0.2) is 0 Å². The summed E-state index contributed by atoms with van der Waals surface area (Å²) in [5.41, 5.74) is 0. The van der Waals surface area contributed by atoms with Gasteiger partial charge in [-0.15, -0.1) is 0 Å². The van der Waals surface area contributed by atoms with Gasteiger partial charge >= 0.3 is 0 Å². The Hall–Kier alpha value is 0.700. The highest BCUT2D eigenvalue weighted by atomic mass is 33.1. The van der Waals surface area contributed by atoms with Crippen LogP contribution in [0.3, 0.4) is 0 Å². The summed E-state index contributed by atoms with van der Waals surface area (Å²) in [7, 11) is 4.45. The minimum atomic E-state index is 0.964. The van der Waals surface area contributed by atoms with Crippen LogP contribution in [-0.2, 0) is 0 Å². The van der Waals surface area contributed by atoms with E-state index in [1.807, 2.05) is 0 Å². The van der Waals surface area contributed by atoms with Gasteiger partial charge in [0.15, 0.2) is 0 Å². The van der Waals surface area contributed by atoms with Gasteiger partial charge < -0.3 is 0 Å². The molecule has 0 aromatic rings. The highest BCUT2D eigenvalue weighted by Gasteiger charge is 2.23. The van der Waals surface area contributed by atoms with Crippen molar-refractivity contribution in [2.45, 2.75) is 75.7 Å². The van der Waals surface area contributed by atoms with E-state index in [9.17, 15) is 0 Å². The summed E-state index contributed by atoms with van der Waals surface area (Å²) in [6.45, 7) is 4.86. The van der Waals surface area contributed by atoms with E-state index >= 15 is 0 Å². The minimum absolute atomic E-state index is 0.964. The first-order valence-electron chi connectivity index (χ1n) is 7.06. The molecule has 2 saturated carbocycles. The van der Waals surface area contributed by atoms with Crippen LogP contribution in [0.25, 0.3) is 0 Å². The summed E-state index contributed by atoms with van der Waals surface area (Å²) in [6, 6.07) is 0. The van der Waals surface area contributed by atoms with E-state index in [1.54, 1.807) is 0 Å². The van der Waals surface area contributed by atoms with E-state index in [2.05, 4.69) is 35.4 Å². The summed E-state index contributed by atoms with van der Waals surface area (Å²) < 4.78 is 0. The summed E-state index contributed by atoms with van der Waals surface area (Å²) >= 11 is 0. The first-order chi connectivity index (χ1) is 7.74. The molecule has 2 heteroatoms. The standard InChI is InChI=1S/C14H26S2/c1-11-5-3-7-13(9-11)15-16-14-8-4-6-12(2)10-14/h11-14H,3-10H2,1-2H3. The molecule has 0 heterocycles. The van der Waals surface area contributed by atoms with Crippen molar-refractivity contribution in [3.05, 3.63) is 0 Å². The second-order valence-corrected chi connectivity index (χ2v) is 8.85. The molecule has 2 fully saturated rings. The molecule has 2 rings (SSSR count). The fraction of sp³-hybridized carbons (Fsp3) is 1.00. The largest absolute Gasteiger partial charge is 0.0904 e. The van der Waals surface area contributed by atoms with Crippen molar-refractivity contribution < 1.29 is 0 Å². The molecular formula is C14H26S2. The lowest BCUT2D eigenvalue weighted by Gasteiger charge is -2.29. The molecule has 94 valence electrons. The van der Waals surface area contributed by atoms with Crippen molar-refractivity contribution in [1.29, 1.82) is 0 Å². The topological polar surface area (TPSA) is 0 Å². The monoisotopic (exact) mass is 258 g/mol. The molecule has 0 aromatic carbocycles. The molecule has 0 spiro atoms. The Balaban J connectivity index is 1.66. The maximum absolute atomic E-state index is 2.43. The SMILES string of the molecule is CC1CCCC(SSC2CCCC(C)C2)C1. The predicted octanol–water partition coefficient (Wildman–Crippen LogP) is 5.53. The molecule has 4 atom stereocenters. The third-order valence-corrected chi connectivity index (χ3v) is 7.58. The molecule has 0 saturated heterocycles. The fourth-order valence-corrected chi connectivity index (χ4v) is 6.73. The summed E-state index contributed by atoms with van der Waals surface area (Å²) in [4.78, 5) is 0. The maximum atomic E-state index is 2.43. The van der Waals surface area contributed by atoms with Crippen LogP contribution in [-0.4, -0.2) is 10.5 Å². The van der Waals surface area contributed by atoms with Gasteiger partial charge in [0.2, 0.25) is 0 Å². The average Bonchev–Trinajstić information content (AvgIpc) is 2.27. The van der Waals surface area contributed by atoms with Gasteiger partial charge in [-0.1, -0.05) is 61.1 Å². The number of hydrogen-bond donors (Lipinski definition) is 0. The molecule has 0 nitrogen and oxygen atoms in total. The van der Waals surface area contributed by atoms with E-state index in [4.69, 9.17) is 0 Å². The van der Waals surface area contributed by atoms with Crippen LogP contribution >= 0.6 is 21.6 Å². The molecule has 0 aromatic heterocycles. The van der Waals surface area contributed by atoms with Gasteiger partial charge in [-0.3, -0.25) is 0 Å². The summed E-state index contributed by atoms with van der Waals surface area (Å²) in [5.74, 6) is 1.97. The number of hydrogen-bond acceptors (Lipinski definition) is 2. The Morgan fingerprint density at radius 3 is 1.50 bits per heavy atom. The third kappa shape index (κ3) is 4.18. The van der Waals surface area contributed by atoms with Crippen LogP contribution in [0.2, 0.25) is 0 Å². The molecule has 0 N–H and O–H groups in total. The van der Waals surface area contributed by atoms with Gasteiger partial charge in [-0.05, 0) is 37.5 Å². The Bertz CT molecular complexity index is 183. The normalized spacial score (nSPS) is 40.9. The Labute approximate surface area is 109 Å². The quantitative estimate of drug-likeness (QED) is 0.611. The van der Waals surface area contributed by atoms with Gasteiger partial charge in [0, 0.05) is 10.5 Å². The van der Waals surface area contributed by atoms with Crippen molar-refractivity contribution in [3.8, 4) is 0 Å².